The predicted molar refractivity (Wildman–Crippen MR) is 103 cm³/mol. The second kappa shape index (κ2) is 9.83. The van der Waals surface area contributed by atoms with E-state index in [1.807, 2.05) is 0 Å². The lowest BCUT2D eigenvalue weighted by Crippen LogP contribution is -2.23. The average Bonchev–Trinajstić information content (AvgIpc) is 2.69. The van der Waals surface area contributed by atoms with Crippen molar-refractivity contribution in [3.05, 3.63) is 63.7 Å². The molecule has 0 bridgehead atoms. The highest BCUT2D eigenvalue weighted by atomic mass is 16.6. The molecule has 2 rings (SSSR count). The summed E-state index contributed by atoms with van der Waals surface area (Å²) in [6.07, 6.45) is 0.297. The maximum Gasteiger partial charge on any atom is 0.344 e. The molecule has 2 N–H and O–H groups in total. The molecule has 152 valence electrons. The highest BCUT2D eigenvalue weighted by Crippen LogP contribution is 2.29. The number of hydrogen-bond acceptors (Lipinski definition) is 7. The van der Waals surface area contributed by atoms with Crippen molar-refractivity contribution in [1.29, 1.82) is 0 Å². The van der Waals surface area contributed by atoms with E-state index in [9.17, 15) is 19.7 Å². The number of aliphatic carboxylic acids is 1. The van der Waals surface area contributed by atoms with Crippen LogP contribution in [0.3, 0.4) is 0 Å². The molecular weight excluding hydrogens is 382 g/mol. The first-order chi connectivity index (χ1) is 13.8. The summed E-state index contributed by atoms with van der Waals surface area (Å²) >= 11 is 0. The Balaban J connectivity index is 2.10. The topological polar surface area (TPSA) is 140 Å². The van der Waals surface area contributed by atoms with Gasteiger partial charge in [-0.15, -0.1) is 0 Å². The Morgan fingerprint density at radius 1 is 1.28 bits per heavy atom. The quantitative estimate of drug-likeness (QED) is 0.374. The van der Waals surface area contributed by atoms with Gasteiger partial charge in [0.05, 0.1) is 17.7 Å². The van der Waals surface area contributed by atoms with Gasteiger partial charge < -0.3 is 14.6 Å². The number of amides is 1. The third-order valence-electron chi connectivity index (χ3n) is 3.62. The fourth-order valence-corrected chi connectivity index (χ4v) is 2.20. The van der Waals surface area contributed by atoms with E-state index in [0.717, 1.165) is 6.07 Å². The van der Waals surface area contributed by atoms with Crippen LogP contribution in [0.5, 0.6) is 11.5 Å². The zero-order chi connectivity index (χ0) is 21.4. The van der Waals surface area contributed by atoms with Crippen LogP contribution >= 0.6 is 0 Å². The average molecular weight is 401 g/mol. The van der Waals surface area contributed by atoms with Gasteiger partial charge in [0, 0.05) is 17.7 Å². The van der Waals surface area contributed by atoms with Gasteiger partial charge in [0.25, 0.3) is 11.6 Å². The van der Waals surface area contributed by atoms with Crippen molar-refractivity contribution in [2.24, 2.45) is 5.10 Å². The van der Waals surface area contributed by atoms with Crippen molar-refractivity contribution in [2.75, 3.05) is 6.61 Å². The molecule has 0 unspecified atom stereocenters. The summed E-state index contributed by atoms with van der Waals surface area (Å²) in [6.45, 7) is 3.50. The first-order valence-corrected chi connectivity index (χ1v) is 8.56. The number of carbonyl (C=O) groups excluding carboxylic acids is 1. The van der Waals surface area contributed by atoms with Crippen LogP contribution in [0.1, 0.15) is 29.8 Å². The zero-order valence-electron chi connectivity index (χ0n) is 15.7. The zero-order valence-corrected chi connectivity index (χ0v) is 15.7. The number of non-ortho nitro benzene ring substituents is 1. The van der Waals surface area contributed by atoms with Crippen LogP contribution in [0.2, 0.25) is 0 Å². The second-order valence-corrected chi connectivity index (χ2v) is 5.74. The van der Waals surface area contributed by atoms with E-state index in [-0.39, 0.29) is 17.0 Å². The summed E-state index contributed by atoms with van der Waals surface area (Å²) in [5.74, 6) is -1.12. The van der Waals surface area contributed by atoms with Crippen molar-refractivity contribution >= 4 is 23.8 Å². The van der Waals surface area contributed by atoms with Gasteiger partial charge in [-0.25, -0.2) is 10.2 Å². The SMILES string of the molecule is CCOc1cc(C=NNC(=O)c2cccc([N+](=O)[O-])c2)ccc1O[C@H](C)C(=O)O. The van der Waals surface area contributed by atoms with E-state index in [0.29, 0.717) is 17.9 Å². The minimum atomic E-state index is -1.11. The van der Waals surface area contributed by atoms with Crippen LogP contribution < -0.4 is 14.9 Å². The van der Waals surface area contributed by atoms with Gasteiger partial charge in [0.1, 0.15) is 0 Å². The number of nitro benzene ring substituents is 1. The predicted octanol–water partition coefficient (Wildman–Crippen LogP) is 2.61. The molecule has 2 aromatic carbocycles. The Kier molecular flexibility index (Phi) is 7.24. The largest absolute Gasteiger partial charge is 0.490 e. The number of carbonyl (C=O) groups is 2. The minimum Gasteiger partial charge on any atom is -0.490 e. The van der Waals surface area contributed by atoms with Gasteiger partial charge in [0.2, 0.25) is 0 Å². The van der Waals surface area contributed by atoms with E-state index < -0.39 is 22.9 Å². The van der Waals surface area contributed by atoms with E-state index in [4.69, 9.17) is 14.6 Å². The Morgan fingerprint density at radius 3 is 2.69 bits per heavy atom. The first kappa shape index (κ1) is 21.4. The number of rotatable bonds is 9. The van der Waals surface area contributed by atoms with Crippen LogP contribution in [0.4, 0.5) is 5.69 Å². The van der Waals surface area contributed by atoms with E-state index >= 15 is 0 Å². The number of nitro groups is 1. The lowest BCUT2D eigenvalue weighted by molar-refractivity contribution is -0.384. The molecule has 0 radical (unpaired) electrons. The molecule has 0 saturated carbocycles. The molecule has 0 saturated heterocycles. The van der Waals surface area contributed by atoms with Gasteiger partial charge in [-0.1, -0.05) is 6.07 Å². The molecule has 10 nitrogen and oxygen atoms in total. The summed E-state index contributed by atoms with van der Waals surface area (Å²) < 4.78 is 10.8. The molecule has 0 fully saturated rings. The van der Waals surface area contributed by atoms with Crippen LogP contribution in [0, 0.1) is 10.1 Å². The maximum absolute atomic E-state index is 12.1. The molecule has 1 amide bonds. The number of nitrogens with zero attached hydrogens (tertiary/aromatic N) is 2. The van der Waals surface area contributed by atoms with Crippen LogP contribution in [-0.4, -0.2) is 40.8 Å². The summed E-state index contributed by atoms with van der Waals surface area (Å²) in [4.78, 5) is 33.2. The van der Waals surface area contributed by atoms with Crippen molar-refractivity contribution in [1.82, 2.24) is 5.43 Å². The van der Waals surface area contributed by atoms with E-state index in [1.54, 1.807) is 19.1 Å². The lowest BCUT2D eigenvalue weighted by Gasteiger charge is -2.15. The van der Waals surface area contributed by atoms with Crippen molar-refractivity contribution in [3.8, 4) is 11.5 Å². The normalized spacial score (nSPS) is 11.7. The third-order valence-corrected chi connectivity index (χ3v) is 3.62. The number of ether oxygens (including phenoxy) is 2. The van der Waals surface area contributed by atoms with Crippen molar-refractivity contribution < 1.29 is 29.1 Å². The molecule has 1 atom stereocenters. The highest BCUT2D eigenvalue weighted by molar-refractivity contribution is 5.95. The van der Waals surface area contributed by atoms with Gasteiger partial charge in [-0.05, 0) is 43.7 Å². The molecule has 10 heteroatoms. The van der Waals surface area contributed by atoms with Crippen LogP contribution in [0.25, 0.3) is 0 Å². The molecule has 0 spiro atoms. The van der Waals surface area contributed by atoms with Crippen molar-refractivity contribution in [2.45, 2.75) is 20.0 Å². The summed E-state index contributed by atoms with van der Waals surface area (Å²) in [5, 5.41) is 23.6. The number of nitrogens with one attached hydrogen (secondary N) is 1. The number of hydrogen-bond donors (Lipinski definition) is 2. The van der Waals surface area contributed by atoms with Gasteiger partial charge >= 0.3 is 5.97 Å². The minimum absolute atomic E-state index is 0.0951. The number of carboxylic acid groups (broad SMARTS) is 1. The van der Waals surface area contributed by atoms with Gasteiger partial charge in [0.15, 0.2) is 17.6 Å². The standard InChI is InChI=1S/C19H19N3O7/c1-3-28-17-9-13(7-8-16(17)29-12(2)19(24)25)11-20-21-18(23)14-5-4-6-15(10-14)22(26)27/h4-12H,3H2,1-2H3,(H,21,23)(H,24,25)/t12-/m1/s1. The monoisotopic (exact) mass is 401 g/mol. The van der Waals surface area contributed by atoms with Gasteiger partial charge in [-0.3, -0.25) is 14.9 Å². The van der Waals surface area contributed by atoms with Crippen LogP contribution in [0.15, 0.2) is 47.6 Å². The van der Waals surface area contributed by atoms with Crippen LogP contribution in [-0.2, 0) is 4.79 Å². The Hall–Kier alpha value is -3.95. The summed E-state index contributed by atoms with van der Waals surface area (Å²) in [6, 6.07) is 9.99. The summed E-state index contributed by atoms with van der Waals surface area (Å²) in [7, 11) is 0. The molecule has 29 heavy (non-hydrogen) atoms. The number of benzene rings is 2. The molecule has 0 heterocycles. The van der Waals surface area contributed by atoms with Gasteiger partial charge in [-0.2, -0.15) is 5.10 Å². The third kappa shape index (κ3) is 6.03. The fraction of sp³-hybridized carbons (Fsp3) is 0.211. The molecule has 0 aliphatic carbocycles. The number of hydrazone groups is 1. The summed E-state index contributed by atoms with van der Waals surface area (Å²) in [5.41, 5.74) is 2.74. The Morgan fingerprint density at radius 2 is 2.03 bits per heavy atom. The number of carboxylic acids is 1. The van der Waals surface area contributed by atoms with E-state index in [1.165, 1.54) is 37.4 Å². The Bertz CT molecular complexity index is 943. The Labute approximate surface area is 165 Å². The first-order valence-electron chi connectivity index (χ1n) is 8.56. The highest BCUT2D eigenvalue weighted by Gasteiger charge is 2.16. The lowest BCUT2D eigenvalue weighted by atomic mass is 10.2. The molecule has 0 aromatic heterocycles. The van der Waals surface area contributed by atoms with E-state index in [2.05, 4.69) is 10.5 Å². The maximum atomic E-state index is 12.1. The molecule has 2 aromatic rings. The molecular formula is C19H19N3O7. The molecule has 0 aliphatic heterocycles. The molecule has 0 aliphatic rings. The smallest absolute Gasteiger partial charge is 0.344 e. The second-order valence-electron chi connectivity index (χ2n) is 5.74. The fourth-order valence-electron chi connectivity index (χ4n) is 2.20. The van der Waals surface area contributed by atoms with Crippen molar-refractivity contribution in [3.63, 3.8) is 0 Å².